The summed E-state index contributed by atoms with van der Waals surface area (Å²) in [5, 5.41) is 2.92. The topological polar surface area (TPSA) is 12.5 Å². The van der Waals surface area contributed by atoms with Crippen molar-refractivity contribution in [3.05, 3.63) is 47.5 Å². The quantitative estimate of drug-likeness (QED) is 0.355. The molecule has 0 spiro atoms. The molecule has 0 aromatic heterocycles. The Balaban J connectivity index is 1.96. The number of hydrogen-bond donors (Lipinski definition) is 0. The summed E-state index contributed by atoms with van der Waals surface area (Å²) in [5.41, 5.74) is 2.74. The van der Waals surface area contributed by atoms with Crippen molar-refractivity contribution in [2.75, 3.05) is 19.6 Å². The second kappa shape index (κ2) is 10.7. The Bertz CT molecular complexity index is 757. The van der Waals surface area contributed by atoms with Gasteiger partial charge in [-0.05, 0) is 91.4 Å². The van der Waals surface area contributed by atoms with Gasteiger partial charge in [0.2, 0.25) is 0 Å². The number of benzene rings is 2. The van der Waals surface area contributed by atoms with Gasteiger partial charge in [-0.3, -0.25) is 0 Å². The van der Waals surface area contributed by atoms with E-state index in [0.29, 0.717) is 0 Å². The van der Waals surface area contributed by atoms with E-state index in [1.165, 1.54) is 60.8 Å². The van der Waals surface area contributed by atoms with Crippen LogP contribution in [0.25, 0.3) is 10.8 Å². The second-order valence-electron chi connectivity index (χ2n) is 10.0. The number of fused-ring (bicyclic) bond motifs is 1. The summed E-state index contributed by atoms with van der Waals surface area (Å²) in [6.07, 6.45) is 4.90. The van der Waals surface area contributed by atoms with E-state index in [2.05, 4.69) is 89.0 Å². The number of rotatable bonds is 11. The summed E-state index contributed by atoms with van der Waals surface area (Å²) in [6, 6.07) is 13.8. The standard InChI is InChI=1S/C26H43NOSi/c1-8-16-27(17-9-2)18-10-11-22-12-14-25-20-23(13-15-24(25)19-22)21-28-29(6,7)26(3,4)5/h12-15,19-20H,8-11,16-18,21H2,1-7H3. The molecule has 29 heavy (non-hydrogen) atoms. The Morgan fingerprint density at radius 3 is 1.93 bits per heavy atom. The molecular weight excluding hydrogens is 370 g/mol. The van der Waals surface area contributed by atoms with Gasteiger partial charge in [0, 0.05) is 0 Å². The van der Waals surface area contributed by atoms with Crippen molar-refractivity contribution in [2.45, 2.75) is 85.0 Å². The average molecular weight is 414 g/mol. The Kier molecular flexibility index (Phi) is 8.93. The van der Waals surface area contributed by atoms with E-state index in [-0.39, 0.29) is 5.04 Å². The van der Waals surface area contributed by atoms with Crippen molar-refractivity contribution in [2.24, 2.45) is 0 Å². The maximum atomic E-state index is 6.40. The molecule has 0 atom stereocenters. The first-order valence-electron chi connectivity index (χ1n) is 11.5. The van der Waals surface area contributed by atoms with Gasteiger partial charge in [0.15, 0.2) is 8.32 Å². The van der Waals surface area contributed by atoms with Crippen LogP contribution < -0.4 is 0 Å². The lowest BCUT2D eigenvalue weighted by atomic mass is 10.0. The van der Waals surface area contributed by atoms with Gasteiger partial charge >= 0.3 is 0 Å². The van der Waals surface area contributed by atoms with Crippen molar-refractivity contribution in [3.63, 3.8) is 0 Å². The van der Waals surface area contributed by atoms with E-state index in [9.17, 15) is 0 Å². The summed E-state index contributed by atoms with van der Waals surface area (Å²) in [7, 11) is -1.70. The number of aryl methyl sites for hydroxylation is 1. The molecular formula is C26H43NOSi. The lowest BCUT2D eigenvalue weighted by Gasteiger charge is -2.36. The molecule has 0 unspecified atom stereocenters. The maximum absolute atomic E-state index is 6.40. The van der Waals surface area contributed by atoms with Crippen LogP contribution in [-0.4, -0.2) is 32.9 Å². The minimum atomic E-state index is -1.70. The summed E-state index contributed by atoms with van der Waals surface area (Å²) >= 11 is 0. The maximum Gasteiger partial charge on any atom is 0.192 e. The molecule has 2 aromatic carbocycles. The van der Waals surface area contributed by atoms with Crippen molar-refractivity contribution in [1.82, 2.24) is 4.90 Å². The first-order chi connectivity index (χ1) is 13.7. The predicted octanol–water partition coefficient (Wildman–Crippen LogP) is 7.42. The van der Waals surface area contributed by atoms with Crippen molar-refractivity contribution in [1.29, 1.82) is 0 Å². The Labute approximate surface area is 180 Å². The molecule has 2 aromatic rings. The minimum absolute atomic E-state index is 0.253. The normalized spacial score (nSPS) is 12.8. The second-order valence-corrected chi connectivity index (χ2v) is 14.8. The zero-order valence-electron chi connectivity index (χ0n) is 20.0. The fourth-order valence-electron chi connectivity index (χ4n) is 3.54. The van der Waals surface area contributed by atoms with E-state index in [4.69, 9.17) is 4.43 Å². The largest absolute Gasteiger partial charge is 0.413 e. The lowest BCUT2D eigenvalue weighted by Crippen LogP contribution is -2.40. The fourth-order valence-corrected chi connectivity index (χ4v) is 4.51. The van der Waals surface area contributed by atoms with Crippen molar-refractivity contribution in [3.8, 4) is 0 Å². The van der Waals surface area contributed by atoms with Gasteiger partial charge in [-0.25, -0.2) is 0 Å². The first-order valence-corrected chi connectivity index (χ1v) is 14.4. The van der Waals surface area contributed by atoms with E-state index in [1.807, 2.05) is 0 Å². The third-order valence-electron chi connectivity index (χ3n) is 6.39. The van der Waals surface area contributed by atoms with Crippen molar-refractivity contribution < 1.29 is 4.43 Å². The highest BCUT2D eigenvalue weighted by Gasteiger charge is 2.36. The highest BCUT2D eigenvalue weighted by atomic mass is 28.4. The molecule has 0 saturated heterocycles. The van der Waals surface area contributed by atoms with Gasteiger partial charge in [-0.15, -0.1) is 0 Å². The van der Waals surface area contributed by atoms with Gasteiger partial charge in [0.25, 0.3) is 0 Å². The summed E-state index contributed by atoms with van der Waals surface area (Å²) in [6.45, 7) is 20.5. The average Bonchev–Trinajstić information content (AvgIpc) is 2.66. The molecule has 0 heterocycles. The third-order valence-corrected chi connectivity index (χ3v) is 10.9. The highest BCUT2D eigenvalue weighted by molar-refractivity contribution is 6.74. The first kappa shape index (κ1) is 24.1. The molecule has 0 radical (unpaired) electrons. The Hall–Kier alpha value is -1.16. The molecule has 2 rings (SSSR count). The van der Waals surface area contributed by atoms with Gasteiger partial charge < -0.3 is 9.33 Å². The van der Waals surface area contributed by atoms with Crippen LogP contribution in [0.1, 0.15) is 65.0 Å². The lowest BCUT2D eigenvalue weighted by molar-refractivity contribution is 0.271. The van der Waals surface area contributed by atoms with Crippen LogP contribution in [-0.2, 0) is 17.5 Å². The minimum Gasteiger partial charge on any atom is -0.413 e. The number of nitrogens with zero attached hydrogens (tertiary/aromatic N) is 1. The third kappa shape index (κ3) is 7.23. The molecule has 2 nitrogen and oxygen atoms in total. The zero-order chi connectivity index (χ0) is 21.5. The van der Waals surface area contributed by atoms with Gasteiger partial charge in [-0.2, -0.15) is 0 Å². The van der Waals surface area contributed by atoms with E-state index in [0.717, 1.165) is 13.0 Å². The van der Waals surface area contributed by atoms with E-state index >= 15 is 0 Å². The monoisotopic (exact) mass is 413 g/mol. The Morgan fingerprint density at radius 1 is 0.828 bits per heavy atom. The zero-order valence-corrected chi connectivity index (χ0v) is 21.0. The molecule has 0 aliphatic carbocycles. The summed E-state index contributed by atoms with van der Waals surface area (Å²) in [4.78, 5) is 2.61. The van der Waals surface area contributed by atoms with Gasteiger partial charge in [0.05, 0.1) is 6.61 Å². The molecule has 0 N–H and O–H groups in total. The Morgan fingerprint density at radius 2 is 1.38 bits per heavy atom. The summed E-state index contributed by atoms with van der Waals surface area (Å²) < 4.78 is 6.40. The predicted molar refractivity (Wildman–Crippen MR) is 131 cm³/mol. The van der Waals surface area contributed by atoms with Crippen molar-refractivity contribution >= 4 is 19.1 Å². The SMILES string of the molecule is CCCN(CCC)CCCc1ccc2cc(CO[Si](C)(C)C(C)(C)C)ccc2c1. The molecule has 0 fully saturated rings. The fraction of sp³-hybridized carbons (Fsp3) is 0.615. The molecule has 3 heteroatoms. The van der Waals surface area contributed by atoms with Crippen LogP contribution in [0.4, 0.5) is 0 Å². The summed E-state index contributed by atoms with van der Waals surface area (Å²) in [5.74, 6) is 0. The van der Waals surface area contributed by atoms with Gasteiger partial charge in [-0.1, -0.05) is 65.0 Å². The highest BCUT2D eigenvalue weighted by Crippen LogP contribution is 2.37. The van der Waals surface area contributed by atoms with Crippen LogP contribution in [0.3, 0.4) is 0 Å². The molecule has 0 aliphatic rings. The molecule has 162 valence electrons. The van der Waals surface area contributed by atoms with Crippen LogP contribution in [0.5, 0.6) is 0 Å². The number of hydrogen-bond acceptors (Lipinski definition) is 2. The molecule has 0 amide bonds. The molecule has 0 aliphatic heterocycles. The van der Waals surface area contributed by atoms with Crippen LogP contribution in [0, 0.1) is 0 Å². The van der Waals surface area contributed by atoms with Crippen LogP contribution in [0.15, 0.2) is 36.4 Å². The van der Waals surface area contributed by atoms with Crippen LogP contribution in [0.2, 0.25) is 18.1 Å². The van der Waals surface area contributed by atoms with Gasteiger partial charge in [0.1, 0.15) is 0 Å². The molecule has 0 bridgehead atoms. The van der Waals surface area contributed by atoms with E-state index in [1.54, 1.807) is 0 Å². The van der Waals surface area contributed by atoms with E-state index < -0.39 is 8.32 Å². The van der Waals surface area contributed by atoms with Crippen LogP contribution >= 0.6 is 0 Å². The smallest absolute Gasteiger partial charge is 0.192 e. The molecule has 0 saturated carbocycles.